The molecule has 1 atom stereocenters. The number of aliphatic carboxylic acids is 1. The van der Waals surface area contributed by atoms with Crippen molar-refractivity contribution in [1.82, 2.24) is 5.32 Å². The molecular formula is C12H16N2O4. The molecule has 0 aliphatic rings. The molecule has 0 unspecified atom stereocenters. The van der Waals surface area contributed by atoms with Gasteiger partial charge in [-0.25, -0.2) is 4.79 Å². The Hall–Kier alpha value is -2.24. The van der Waals surface area contributed by atoms with E-state index < -0.39 is 18.0 Å². The molecule has 0 aromatic heterocycles. The van der Waals surface area contributed by atoms with Crippen molar-refractivity contribution >= 4 is 17.7 Å². The number of carbonyl (C=O) groups excluding carboxylic acids is 1. The minimum atomic E-state index is -1.08. The summed E-state index contributed by atoms with van der Waals surface area (Å²) in [5.74, 6) is -0.458. The summed E-state index contributed by atoms with van der Waals surface area (Å²) in [6, 6.07) is 5.50. The number of urea groups is 1. The molecule has 0 aliphatic carbocycles. The van der Waals surface area contributed by atoms with Crippen LogP contribution in [0.3, 0.4) is 0 Å². The largest absolute Gasteiger partial charge is 0.497 e. The van der Waals surface area contributed by atoms with Crippen molar-refractivity contribution in [2.75, 3.05) is 19.1 Å². The number of nitrogens with one attached hydrogen (secondary N) is 1. The maximum Gasteiger partial charge on any atom is 0.325 e. The van der Waals surface area contributed by atoms with Crippen LogP contribution < -0.4 is 15.0 Å². The molecule has 98 valence electrons. The topological polar surface area (TPSA) is 78.9 Å². The second kappa shape index (κ2) is 5.90. The van der Waals surface area contributed by atoms with Gasteiger partial charge in [-0.2, -0.15) is 0 Å². The van der Waals surface area contributed by atoms with Gasteiger partial charge in [-0.1, -0.05) is 6.07 Å². The summed E-state index contributed by atoms with van der Waals surface area (Å²) in [6.45, 7) is 1.40. The van der Waals surface area contributed by atoms with E-state index in [1.54, 1.807) is 31.3 Å². The maximum absolute atomic E-state index is 11.8. The molecule has 2 amide bonds. The molecule has 0 spiro atoms. The second-order valence-corrected chi connectivity index (χ2v) is 3.77. The molecule has 6 heteroatoms. The number of anilines is 1. The van der Waals surface area contributed by atoms with Crippen LogP contribution >= 0.6 is 0 Å². The highest BCUT2D eigenvalue weighted by atomic mass is 16.5. The molecule has 2 N–H and O–H groups in total. The number of hydrogen-bond donors (Lipinski definition) is 2. The van der Waals surface area contributed by atoms with E-state index in [1.165, 1.54) is 18.9 Å². The first-order valence-corrected chi connectivity index (χ1v) is 5.36. The lowest BCUT2D eigenvalue weighted by Gasteiger charge is -2.20. The van der Waals surface area contributed by atoms with E-state index in [4.69, 9.17) is 9.84 Å². The van der Waals surface area contributed by atoms with Gasteiger partial charge in [0, 0.05) is 18.8 Å². The van der Waals surface area contributed by atoms with Crippen LogP contribution in [0.2, 0.25) is 0 Å². The maximum atomic E-state index is 11.8. The third kappa shape index (κ3) is 3.38. The van der Waals surface area contributed by atoms with Gasteiger partial charge in [-0.3, -0.25) is 9.69 Å². The van der Waals surface area contributed by atoms with Gasteiger partial charge >= 0.3 is 12.0 Å². The van der Waals surface area contributed by atoms with Gasteiger partial charge in [0.05, 0.1) is 7.11 Å². The molecule has 0 fully saturated rings. The molecule has 0 radical (unpaired) electrons. The average molecular weight is 252 g/mol. The van der Waals surface area contributed by atoms with Crippen LogP contribution in [0.1, 0.15) is 6.92 Å². The molecule has 18 heavy (non-hydrogen) atoms. The fourth-order valence-corrected chi connectivity index (χ4v) is 1.28. The van der Waals surface area contributed by atoms with Gasteiger partial charge in [0.2, 0.25) is 0 Å². The predicted octanol–water partition coefficient (Wildman–Crippen LogP) is 1.31. The lowest BCUT2D eigenvalue weighted by atomic mass is 10.3. The van der Waals surface area contributed by atoms with Crippen molar-refractivity contribution < 1.29 is 19.4 Å². The Morgan fingerprint density at radius 1 is 1.44 bits per heavy atom. The number of amides is 2. The Balaban J connectivity index is 2.76. The molecule has 0 bridgehead atoms. The van der Waals surface area contributed by atoms with Gasteiger partial charge in [-0.15, -0.1) is 0 Å². The van der Waals surface area contributed by atoms with E-state index in [0.717, 1.165) is 0 Å². The monoisotopic (exact) mass is 252 g/mol. The molecule has 0 heterocycles. The number of hydrogen-bond acceptors (Lipinski definition) is 3. The number of nitrogens with zero attached hydrogens (tertiary/aromatic N) is 1. The molecule has 0 aliphatic heterocycles. The second-order valence-electron chi connectivity index (χ2n) is 3.77. The van der Waals surface area contributed by atoms with E-state index in [0.29, 0.717) is 11.4 Å². The fraction of sp³-hybridized carbons (Fsp3) is 0.333. The van der Waals surface area contributed by atoms with Crippen molar-refractivity contribution in [2.24, 2.45) is 0 Å². The van der Waals surface area contributed by atoms with E-state index in [1.807, 2.05) is 0 Å². The lowest BCUT2D eigenvalue weighted by Crippen LogP contribution is -2.45. The van der Waals surface area contributed by atoms with Crippen LogP contribution in [0.25, 0.3) is 0 Å². The summed E-state index contributed by atoms with van der Waals surface area (Å²) in [7, 11) is 3.09. The molecule has 6 nitrogen and oxygen atoms in total. The van der Waals surface area contributed by atoms with Crippen molar-refractivity contribution in [2.45, 2.75) is 13.0 Å². The minimum absolute atomic E-state index is 0.488. The Morgan fingerprint density at radius 3 is 2.67 bits per heavy atom. The normalized spacial score (nSPS) is 11.5. The standard InChI is InChI=1S/C12H16N2O4/c1-8(11(15)16)13-12(17)14(2)9-5-4-6-10(7-9)18-3/h4-8H,1-3H3,(H,13,17)(H,15,16)/t8-/m1/s1. The summed E-state index contributed by atoms with van der Waals surface area (Å²) in [5.41, 5.74) is 0.615. The van der Waals surface area contributed by atoms with Crippen molar-refractivity contribution in [3.63, 3.8) is 0 Å². The van der Waals surface area contributed by atoms with Crippen molar-refractivity contribution in [3.8, 4) is 5.75 Å². The van der Waals surface area contributed by atoms with Gasteiger partial charge in [0.25, 0.3) is 0 Å². The number of methoxy groups -OCH3 is 1. The SMILES string of the molecule is COc1cccc(N(C)C(=O)N[C@H](C)C(=O)O)c1. The zero-order valence-corrected chi connectivity index (χ0v) is 10.5. The summed E-state index contributed by atoms with van der Waals surface area (Å²) in [4.78, 5) is 23.7. The molecule has 0 saturated carbocycles. The number of benzene rings is 1. The van der Waals surface area contributed by atoms with Crippen molar-refractivity contribution in [1.29, 1.82) is 0 Å². The van der Waals surface area contributed by atoms with Crippen LogP contribution in [-0.2, 0) is 4.79 Å². The predicted molar refractivity (Wildman–Crippen MR) is 67.0 cm³/mol. The quantitative estimate of drug-likeness (QED) is 0.847. The van der Waals surface area contributed by atoms with Crippen LogP contribution in [0.4, 0.5) is 10.5 Å². The first-order valence-electron chi connectivity index (χ1n) is 5.36. The summed E-state index contributed by atoms with van der Waals surface area (Å²) in [5, 5.41) is 11.1. The summed E-state index contributed by atoms with van der Waals surface area (Å²) >= 11 is 0. The Morgan fingerprint density at radius 2 is 2.11 bits per heavy atom. The van der Waals surface area contributed by atoms with Crippen LogP contribution in [0, 0.1) is 0 Å². The zero-order valence-electron chi connectivity index (χ0n) is 10.5. The smallest absolute Gasteiger partial charge is 0.325 e. The minimum Gasteiger partial charge on any atom is -0.497 e. The van der Waals surface area contributed by atoms with Crippen LogP contribution in [-0.4, -0.2) is 37.3 Å². The highest BCUT2D eigenvalue weighted by Crippen LogP contribution is 2.19. The van der Waals surface area contributed by atoms with Gasteiger partial charge < -0.3 is 15.2 Å². The molecule has 1 aromatic rings. The lowest BCUT2D eigenvalue weighted by molar-refractivity contribution is -0.138. The average Bonchev–Trinajstić information content (AvgIpc) is 2.37. The summed E-state index contributed by atoms with van der Waals surface area (Å²) < 4.78 is 5.05. The zero-order chi connectivity index (χ0) is 13.7. The van der Waals surface area contributed by atoms with Gasteiger partial charge in [0.15, 0.2) is 0 Å². The van der Waals surface area contributed by atoms with E-state index in [2.05, 4.69) is 5.32 Å². The van der Waals surface area contributed by atoms with E-state index in [9.17, 15) is 9.59 Å². The van der Waals surface area contributed by atoms with Gasteiger partial charge in [-0.05, 0) is 19.1 Å². The van der Waals surface area contributed by atoms with Crippen LogP contribution in [0.5, 0.6) is 5.75 Å². The highest BCUT2D eigenvalue weighted by molar-refractivity contribution is 5.94. The first-order chi connectivity index (χ1) is 8.45. The molecule has 0 saturated heterocycles. The molecular weight excluding hydrogens is 236 g/mol. The third-order valence-electron chi connectivity index (χ3n) is 2.46. The third-order valence-corrected chi connectivity index (χ3v) is 2.46. The number of carbonyl (C=O) groups is 2. The number of rotatable bonds is 4. The van der Waals surface area contributed by atoms with E-state index in [-0.39, 0.29) is 0 Å². The number of carboxylic acids is 1. The fourth-order valence-electron chi connectivity index (χ4n) is 1.28. The van der Waals surface area contributed by atoms with Crippen molar-refractivity contribution in [3.05, 3.63) is 24.3 Å². The Bertz CT molecular complexity index is 447. The number of carboxylic acid groups (broad SMARTS) is 1. The van der Waals surface area contributed by atoms with Crippen LogP contribution in [0.15, 0.2) is 24.3 Å². The molecule has 1 rings (SSSR count). The van der Waals surface area contributed by atoms with E-state index >= 15 is 0 Å². The summed E-state index contributed by atoms with van der Waals surface area (Å²) in [6.07, 6.45) is 0. The number of ether oxygens (including phenoxy) is 1. The Labute approximate surface area is 105 Å². The highest BCUT2D eigenvalue weighted by Gasteiger charge is 2.17. The van der Waals surface area contributed by atoms with Gasteiger partial charge in [0.1, 0.15) is 11.8 Å². The Kier molecular flexibility index (Phi) is 4.53. The first kappa shape index (κ1) is 13.8. The molecule has 1 aromatic carbocycles.